The average molecular weight is 624 g/mol. The van der Waals surface area contributed by atoms with Crippen molar-refractivity contribution < 1.29 is 31.2 Å². The highest BCUT2D eigenvalue weighted by Crippen LogP contribution is 2.38. The molecule has 3 aromatic carbocycles. The lowest BCUT2D eigenvalue weighted by atomic mass is 10.1. The van der Waals surface area contributed by atoms with Gasteiger partial charge in [0.1, 0.15) is 12.6 Å². The van der Waals surface area contributed by atoms with Crippen LogP contribution in [-0.4, -0.2) is 44.3 Å². The van der Waals surface area contributed by atoms with Gasteiger partial charge in [-0.05, 0) is 61.2 Å². The third-order valence-corrected chi connectivity index (χ3v) is 8.72. The molecule has 1 atom stereocenters. The Morgan fingerprint density at radius 3 is 2.17 bits per heavy atom. The third kappa shape index (κ3) is 8.04. The Bertz CT molecular complexity index is 1520. The molecule has 3 rings (SSSR count). The van der Waals surface area contributed by atoms with Gasteiger partial charge >= 0.3 is 6.18 Å². The highest BCUT2D eigenvalue weighted by Gasteiger charge is 2.37. The summed E-state index contributed by atoms with van der Waals surface area (Å²) in [4.78, 5) is 28.0. The molecule has 7 nitrogen and oxygen atoms in total. The van der Waals surface area contributed by atoms with E-state index >= 15 is 0 Å². The van der Waals surface area contributed by atoms with Crippen molar-refractivity contribution in [1.82, 2.24) is 10.2 Å². The van der Waals surface area contributed by atoms with E-state index in [4.69, 9.17) is 11.6 Å². The van der Waals surface area contributed by atoms with Crippen molar-refractivity contribution in [2.45, 2.75) is 51.4 Å². The molecular formula is C30H33ClF3N3O4S. The molecule has 0 saturated heterocycles. The monoisotopic (exact) mass is 623 g/mol. The number of carbonyl (C=O) groups is 2. The Kier molecular flexibility index (Phi) is 10.7. The van der Waals surface area contributed by atoms with Crippen LogP contribution in [-0.2, 0) is 32.3 Å². The minimum absolute atomic E-state index is 0.0323. The number of aryl methyl sites for hydroxylation is 1. The second kappa shape index (κ2) is 13.6. The number of nitrogens with one attached hydrogen (secondary N) is 1. The largest absolute Gasteiger partial charge is 0.417 e. The number of nitrogens with zero attached hydrogens (tertiary/aromatic N) is 2. The molecule has 0 heterocycles. The zero-order chi connectivity index (χ0) is 31.2. The Labute approximate surface area is 249 Å². The summed E-state index contributed by atoms with van der Waals surface area (Å²) in [5, 5.41) is 2.17. The summed E-state index contributed by atoms with van der Waals surface area (Å²) >= 11 is 5.80. The molecule has 0 fully saturated rings. The first-order valence-electron chi connectivity index (χ1n) is 13.2. The van der Waals surface area contributed by atoms with E-state index in [0.717, 1.165) is 23.3 Å². The van der Waals surface area contributed by atoms with Crippen LogP contribution in [0.25, 0.3) is 0 Å². The average Bonchev–Trinajstić information content (AvgIpc) is 2.93. The number of hydrogen-bond donors (Lipinski definition) is 1. The lowest BCUT2D eigenvalue weighted by molar-refractivity contribution is -0.139. The van der Waals surface area contributed by atoms with Gasteiger partial charge in [-0.1, -0.05) is 67.9 Å². The molecule has 42 heavy (non-hydrogen) atoms. The Morgan fingerprint density at radius 2 is 1.57 bits per heavy atom. The van der Waals surface area contributed by atoms with Crippen molar-refractivity contribution in [2.24, 2.45) is 5.92 Å². The number of hydrogen-bond acceptors (Lipinski definition) is 4. The zero-order valence-electron chi connectivity index (χ0n) is 23.7. The van der Waals surface area contributed by atoms with Crippen LogP contribution in [0.4, 0.5) is 18.9 Å². The highest BCUT2D eigenvalue weighted by molar-refractivity contribution is 7.92. The summed E-state index contributed by atoms with van der Waals surface area (Å²) in [6.07, 6.45) is -4.88. The van der Waals surface area contributed by atoms with Crippen molar-refractivity contribution in [3.05, 3.63) is 94.5 Å². The number of amides is 2. The Hall–Kier alpha value is -3.57. The molecule has 0 aliphatic heterocycles. The number of benzene rings is 3. The Morgan fingerprint density at radius 1 is 0.952 bits per heavy atom. The first-order valence-corrected chi connectivity index (χ1v) is 15.0. The molecule has 1 N–H and O–H groups in total. The molecule has 0 spiro atoms. The summed E-state index contributed by atoms with van der Waals surface area (Å²) in [5.74, 6) is -1.09. The lowest BCUT2D eigenvalue weighted by Gasteiger charge is -2.32. The van der Waals surface area contributed by atoms with Crippen LogP contribution in [0.2, 0.25) is 5.02 Å². The number of sulfonamides is 1. The SMILES string of the molecule is Cc1ccccc1CN(C(=O)CN(c1ccc(Cl)c(C(F)(F)F)c1)S(=O)(=O)c1ccccc1)[C@H](C)C(=O)NCC(C)C. The maximum absolute atomic E-state index is 13.9. The smallest absolute Gasteiger partial charge is 0.354 e. The molecule has 0 bridgehead atoms. The molecule has 0 aliphatic carbocycles. The molecule has 2 amide bonds. The van der Waals surface area contributed by atoms with Crippen LogP contribution in [0.5, 0.6) is 0 Å². The standard InChI is InChI=1S/C30H33ClF3N3O4S/c1-20(2)17-35-29(39)22(4)36(18-23-11-9-8-10-21(23)3)28(38)19-37(42(40,41)25-12-6-5-7-13-25)24-14-15-27(31)26(16-24)30(32,33)34/h5-16,20,22H,17-19H2,1-4H3,(H,35,39)/t22-/m1/s1. The van der Waals surface area contributed by atoms with Gasteiger partial charge in [-0.2, -0.15) is 13.2 Å². The second-order valence-corrected chi connectivity index (χ2v) is 12.5. The van der Waals surface area contributed by atoms with E-state index < -0.39 is 56.9 Å². The maximum atomic E-state index is 13.9. The first-order chi connectivity index (χ1) is 19.6. The van der Waals surface area contributed by atoms with Crippen LogP contribution in [0.15, 0.2) is 77.7 Å². The molecular weight excluding hydrogens is 591 g/mol. The fraction of sp³-hybridized carbons (Fsp3) is 0.333. The van der Waals surface area contributed by atoms with Gasteiger partial charge in [-0.3, -0.25) is 13.9 Å². The molecule has 0 unspecified atom stereocenters. The first kappa shape index (κ1) is 32.9. The minimum atomic E-state index is -4.88. The van der Waals surface area contributed by atoms with Crippen LogP contribution < -0.4 is 9.62 Å². The van der Waals surface area contributed by atoms with Gasteiger partial charge < -0.3 is 10.2 Å². The molecule has 12 heteroatoms. The van der Waals surface area contributed by atoms with Gasteiger partial charge in [0.2, 0.25) is 11.8 Å². The van der Waals surface area contributed by atoms with E-state index in [1.165, 1.54) is 36.1 Å². The quantitative estimate of drug-likeness (QED) is 0.282. The molecule has 3 aromatic rings. The van der Waals surface area contributed by atoms with Gasteiger partial charge in [-0.25, -0.2) is 8.42 Å². The summed E-state index contributed by atoms with van der Waals surface area (Å²) < 4.78 is 69.4. The van der Waals surface area contributed by atoms with Gasteiger partial charge in [0.15, 0.2) is 0 Å². The molecule has 0 aliphatic rings. The number of rotatable bonds is 11. The summed E-state index contributed by atoms with van der Waals surface area (Å²) in [6.45, 7) is 6.63. The second-order valence-electron chi connectivity index (χ2n) is 10.2. The fourth-order valence-electron chi connectivity index (χ4n) is 4.14. The van der Waals surface area contributed by atoms with Crippen LogP contribution >= 0.6 is 11.6 Å². The maximum Gasteiger partial charge on any atom is 0.417 e. The number of anilines is 1. The topological polar surface area (TPSA) is 86.8 Å². The zero-order valence-corrected chi connectivity index (χ0v) is 25.2. The van der Waals surface area contributed by atoms with E-state index in [1.54, 1.807) is 18.2 Å². The predicted molar refractivity (Wildman–Crippen MR) is 156 cm³/mol. The fourth-order valence-corrected chi connectivity index (χ4v) is 5.79. The van der Waals surface area contributed by atoms with Crippen LogP contribution in [0.1, 0.15) is 37.5 Å². The van der Waals surface area contributed by atoms with Crippen LogP contribution in [0, 0.1) is 12.8 Å². The van der Waals surface area contributed by atoms with Gasteiger partial charge in [-0.15, -0.1) is 0 Å². The predicted octanol–water partition coefficient (Wildman–Crippen LogP) is 6.05. The van der Waals surface area contributed by atoms with Crippen molar-refractivity contribution in [1.29, 1.82) is 0 Å². The van der Waals surface area contributed by atoms with Gasteiger partial charge in [0.25, 0.3) is 10.0 Å². The number of carbonyl (C=O) groups excluding carboxylic acids is 2. The van der Waals surface area contributed by atoms with Gasteiger partial charge in [0, 0.05) is 13.1 Å². The van der Waals surface area contributed by atoms with Crippen molar-refractivity contribution in [3.8, 4) is 0 Å². The normalized spacial score (nSPS) is 12.6. The van der Waals surface area contributed by atoms with E-state index in [0.29, 0.717) is 16.9 Å². The molecule has 0 radical (unpaired) electrons. The van der Waals surface area contributed by atoms with E-state index in [-0.39, 0.29) is 17.4 Å². The van der Waals surface area contributed by atoms with E-state index in [2.05, 4.69) is 5.32 Å². The molecule has 226 valence electrons. The van der Waals surface area contributed by atoms with E-state index in [9.17, 15) is 31.2 Å². The van der Waals surface area contributed by atoms with E-state index in [1.807, 2.05) is 32.9 Å². The lowest BCUT2D eigenvalue weighted by Crippen LogP contribution is -2.51. The number of alkyl halides is 3. The summed E-state index contributed by atoms with van der Waals surface area (Å²) in [5.41, 5.74) is -0.0960. The van der Waals surface area contributed by atoms with Crippen molar-refractivity contribution in [3.63, 3.8) is 0 Å². The highest BCUT2D eigenvalue weighted by atomic mass is 35.5. The molecule has 0 saturated carbocycles. The van der Waals surface area contributed by atoms with Gasteiger partial charge in [0.05, 0.1) is 21.2 Å². The minimum Gasteiger partial charge on any atom is -0.354 e. The van der Waals surface area contributed by atoms with Crippen molar-refractivity contribution >= 4 is 39.1 Å². The van der Waals surface area contributed by atoms with Crippen LogP contribution in [0.3, 0.4) is 0 Å². The summed E-state index contributed by atoms with van der Waals surface area (Å²) in [7, 11) is -4.53. The third-order valence-electron chi connectivity index (χ3n) is 6.61. The molecule has 0 aromatic heterocycles. The summed E-state index contributed by atoms with van der Waals surface area (Å²) in [6, 6.07) is 15.9. The number of halogens is 4. The van der Waals surface area contributed by atoms with Crippen molar-refractivity contribution in [2.75, 3.05) is 17.4 Å². The Balaban J connectivity index is 2.10.